The molecular formula is C53H71N5O3. The fourth-order valence-electron chi connectivity index (χ4n) is 8.98. The number of hydrogen-bond donors (Lipinski definition) is 5. The number of carbonyl (C=O) groups is 3. The number of urea groups is 1. The molecule has 2 aromatic carbocycles. The Balaban J connectivity index is 1.30. The highest BCUT2D eigenvalue weighted by atomic mass is 16.2. The third-order valence-corrected chi connectivity index (χ3v) is 12.3. The van der Waals surface area contributed by atoms with Crippen LogP contribution in [0.4, 0.5) is 10.5 Å². The Labute approximate surface area is 365 Å². The first-order valence-corrected chi connectivity index (χ1v) is 23.2. The van der Waals surface area contributed by atoms with E-state index in [9.17, 15) is 14.4 Å². The minimum absolute atomic E-state index is 0.0311. The molecule has 2 aliphatic carbocycles. The molecule has 6 N–H and O–H groups in total. The lowest BCUT2D eigenvalue weighted by Crippen LogP contribution is -2.49. The summed E-state index contributed by atoms with van der Waals surface area (Å²) in [7, 11) is 0. The van der Waals surface area contributed by atoms with Gasteiger partial charge in [-0.2, -0.15) is 0 Å². The molecule has 61 heavy (non-hydrogen) atoms. The van der Waals surface area contributed by atoms with Gasteiger partial charge in [0.1, 0.15) is 6.04 Å². The van der Waals surface area contributed by atoms with Gasteiger partial charge in [0.15, 0.2) is 5.78 Å². The Morgan fingerprint density at radius 3 is 2.23 bits per heavy atom. The molecular weight excluding hydrogens is 755 g/mol. The highest BCUT2D eigenvalue weighted by Gasteiger charge is 2.32. The van der Waals surface area contributed by atoms with Crippen LogP contribution in [0.25, 0.3) is 10.9 Å². The van der Waals surface area contributed by atoms with Crippen LogP contribution in [0, 0.1) is 11.8 Å². The van der Waals surface area contributed by atoms with E-state index in [2.05, 4.69) is 89.4 Å². The van der Waals surface area contributed by atoms with Crippen LogP contribution in [0.2, 0.25) is 0 Å². The summed E-state index contributed by atoms with van der Waals surface area (Å²) in [6.07, 6.45) is 40.5. The minimum atomic E-state index is -0.694. The smallest absolute Gasteiger partial charge is 0.312 e. The average molecular weight is 826 g/mol. The van der Waals surface area contributed by atoms with Crippen LogP contribution in [-0.2, 0) is 16.0 Å². The Kier molecular flexibility index (Phi) is 20.0. The van der Waals surface area contributed by atoms with Gasteiger partial charge in [-0.05, 0) is 97.6 Å². The summed E-state index contributed by atoms with van der Waals surface area (Å²) in [5.41, 5.74) is 10.9. The van der Waals surface area contributed by atoms with Crippen molar-refractivity contribution in [1.82, 2.24) is 15.6 Å². The van der Waals surface area contributed by atoms with Gasteiger partial charge in [-0.15, -0.1) is 0 Å². The predicted octanol–water partition coefficient (Wildman–Crippen LogP) is 11.9. The molecule has 8 heteroatoms. The molecule has 0 bridgehead atoms. The monoisotopic (exact) mass is 826 g/mol. The number of fused-ring (bicyclic) bond motifs is 1. The molecule has 0 radical (unpaired) electrons. The zero-order valence-corrected chi connectivity index (χ0v) is 36.8. The molecule has 4 unspecified atom stereocenters. The van der Waals surface area contributed by atoms with E-state index in [1.807, 2.05) is 66.9 Å². The molecule has 326 valence electrons. The molecule has 0 spiro atoms. The number of carbonyl (C=O) groups excluding carboxylic acids is 3. The lowest BCUT2D eigenvalue weighted by atomic mass is 9.89. The van der Waals surface area contributed by atoms with Crippen molar-refractivity contribution in [3.05, 3.63) is 138 Å². The topological polar surface area (TPSA) is 129 Å². The van der Waals surface area contributed by atoms with Crippen molar-refractivity contribution >= 4 is 34.3 Å². The SMILES string of the molecule is CCCCCCCCC(CCC)c1ccc(NC(Cc2c[nH]c3ccccc23)C(=O)N[C@H](CCCNC(N)=O)C(=O)CC2CCC(C3=C/C=C\C=C/C=C\C=C/C=C\3)C2)cc1. The Morgan fingerprint density at radius 1 is 0.754 bits per heavy atom. The second-order valence-electron chi connectivity index (χ2n) is 17.0. The quantitative estimate of drug-likeness (QED) is 0.0576. The van der Waals surface area contributed by atoms with E-state index >= 15 is 0 Å². The minimum Gasteiger partial charge on any atom is -0.373 e. The number of rotatable bonds is 24. The van der Waals surface area contributed by atoms with Crippen LogP contribution >= 0.6 is 0 Å². The van der Waals surface area contributed by atoms with Crippen molar-refractivity contribution in [3.8, 4) is 0 Å². The molecule has 0 aliphatic heterocycles. The maximum atomic E-state index is 14.5. The highest BCUT2D eigenvalue weighted by molar-refractivity contribution is 5.93. The summed E-state index contributed by atoms with van der Waals surface area (Å²) in [6.45, 7) is 4.85. The molecule has 8 nitrogen and oxygen atoms in total. The number of unbranched alkanes of at least 4 members (excludes halogenated alkanes) is 5. The number of primary amides is 1. The van der Waals surface area contributed by atoms with Crippen LogP contribution in [0.15, 0.2) is 127 Å². The molecule has 5 atom stereocenters. The third kappa shape index (κ3) is 15.9. The normalized spacial score (nSPS) is 21.4. The zero-order valence-electron chi connectivity index (χ0n) is 36.8. The van der Waals surface area contributed by atoms with Gasteiger partial charge in [-0.25, -0.2) is 4.79 Å². The number of anilines is 1. The van der Waals surface area contributed by atoms with Crippen molar-refractivity contribution in [1.29, 1.82) is 0 Å². The van der Waals surface area contributed by atoms with Crippen LogP contribution in [0.3, 0.4) is 0 Å². The summed E-state index contributed by atoms with van der Waals surface area (Å²) in [6, 6.07) is 14.9. The summed E-state index contributed by atoms with van der Waals surface area (Å²) in [4.78, 5) is 43.6. The maximum absolute atomic E-state index is 14.5. The number of para-hydroxylation sites is 1. The number of allylic oxidation sites excluding steroid dienone is 12. The molecule has 5 rings (SSSR count). The van der Waals surface area contributed by atoms with E-state index in [1.54, 1.807) is 0 Å². The van der Waals surface area contributed by atoms with Gasteiger partial charge in [-0.3, -0.25) is 9.59 Å². The van der Waals surface area contributed by atoms with Gasteiger partial charge in [-0.1, -0.05) is 156 Å². The second-order valence-corrected chi connectivity index (χ2v) is 17.0. The van der Waals surface area contributed by atoms with Gasteiger partial charge >= 0.3 is 6.03 Å². The third-order valence-electron chi connectivity index (χ3n) is 12.3. The van der Waals surface area contributed by atoms with Gasteiger partial charge in [0, 0.05) is 42.2 Å². The fraction of sp³-hybridized carbons (Fsp3) is 0.453. The molecule has 3 amide bonds. The van der Waals surface area contributed by atoms with Crippen LogP contribution < -0.4 is 21.7 Å². The second kappa shape index (κ2) is 26.1. The molecule has 3 aromatic rings. The van der Waals surface area contributed by atoms with Gasteiger partial charge < -0.3 is 26.7 Å². The Hall–Kier alpha value is -5.37. The van der Waals surface area contributed by atoms with Crippen molar-refractivity contribution < 1.29 is 14.4 Å². The number of aromatic amines is 1. The Bertz CT molecular complexity index is 2000. The summed E-state index contributed by atoms with van der Waals surface area (Å²) >= 11 is 0. The average Bonchev–Trinajstić information content (AvgIpc) is 3.90. The highest BCUT2D eigenvalue weighted by Crippen LogP contribution is 2.38. The van der Waals surface area contributed by atoms with E-state index in [4.69, 9.17) is 5.73 Å². The van der Waals surface area contributed by atoms with Crippen LogP contribution in [0.5, 0.6) is 0 Å². The van der Waals surface area contributed by atoms with Crippen molar-refractivity contribution in [2.75, 3.05) is 11.9 Å². The lowest BCUT2D eigenvalue weighted by molar-refractivity contribution is -0.128. The van der Waals surface area contributed by atoms with Gasteiger partial charge in [0.05, 0.1) is 6.04 Å². The van der Waals surface area contributed by atoms with E-state index in [0.29, 0.717) is 44.1 Å². The van der Waals surface area contributed by atoms with Crippen molar-refractivity contribution in [2.24, 2.45) is 17.6 Å². The number of aromatic nitrogens is 1. The number of ketones is 1. The summed E-state index contributed by atoms with van der Waals surface area (Å²) < 4.78 is 0. The number of amides is 3. The first-order valence-electron chi connectivity index (χ1n) is 23.2. The fourth-order valence-corrected chi connectivity index (χ4v) is 8.98. The first kappa shape index (κ1) is 46.7. The van der Waals surface area contributed by atoms with E-state index in [1.165, 1.54) is 62.5 Å². The molecule has 1 aromatic heterocycles. The summed E-state index contributed by atoms with van der Waals surface area (Å²) in [5, 5.41) is 10.5. The molecule has 1 saturated carbocycles. The number of nitrogens with one attached hydrogen (secondary N) is 4. The maximum Gasteiger partial charge on any atom is 0.312 e. The number of hydrogen-bond acceptors (Lipinski definition) is 4. The number of H-pyrrole nitrogens is 1. The van der Waals surface area contributed by atoms with E-state index in [0.717, 1.165) is 47.8 Å². The standard InChI is InChI=1S/C53H71N5O3/c1-3-5-6-7-13-16-23-41(22-4-2)43-31-33-46(34-32-43)57-50(38-45-39-56-48-27-20-19-26-47(45)48)52(60)58-49(28-21-35-55-53(54)61)51(59)37-40-29-30-44(36-40)42-24-17-14-11-9-8-10-12-15-18-25-42/h8-12,14-15,17-20,24-27,31-34,39-41,44,49-50,56-57H,3-7,13,16,21-23,28-30,35-38H2,1-2H3,(H,58,60)(H3,54,55,61)/b9-8-,10-8?,11-9?,12-10-,14-11-,15-12?,17-14?,18-15-,24-17-,25-18?,42-24?,42-25+/t40?,41?,44?,49-,50?/m1/s1. The van der Waals surface area contributed by atoms with Crippen LogP contribution in [0.1, 0.15) is 127 Å². The van der Waals surface area contributed by atoms with Gasteiger partial charge in [0.25, 0.3) is 0 Å². The molecule has 2 aliphatic rings. The molecule has 0 saturated heterocycles. The summed E-state index contributed by atoms with van der Waals surface area (Å²) in [5.74, 6) is 0.905. The first-order chi connectivity index (χ1) is 29.8. The number of nitrogens with two attached hydrogens (primary N) is 1. The number of benzene rings is 2. The van der Waals surface area contributed by atoms with Crippen LogP contribution in [-0.4, -0.2) is 41.3 Å². The number of Topliss-reactive ketones (excluding diaryl/α,β-unsaturated/α-hetero) is 1. The van der Waals surface area contributed by atoms with Gasteiger partial charge in [0.2, 0.25) is 5.91 Å². The van der Waals surface area contributed by atoms with E-state index < -0.39 is 18.1 Å². The van der Waals surface area contributed by atoms with Crippen molar-refractivity contribution in [2.45, 2.75) is 135 Å². The zero-order chi connectivity index (χ0) is 43.1. The predicted molar refractivity (Wildman–Crippen MR) is 254 cm³/mol. The molecule has 1 heterocycles. The molecule has 1 fully saturated rings. The largest absolute Gasteiger partial charge is 0.373 e. The van der Waals surface area contributed by atoms with Crippen molar-refractivity contribution in [3.63, 3.8) is 0 Å². The Morgan fingerprint density at radius 2 is 1.48 bits per heavy atom. The van der Waals surface area contributed by atoms with E-state index in [-0.39, 0.29) is 17.6 Å². The lowest BCUT2D eigenvalue weighted by Gasteiger charge is -2.25.